The molecule has 0 aliphatic rings. The second-order valence-electron chi connectivity index (χ2n) is 3.62. The van der Waals surface area contributed by atoms with Crippen LogP contribution in [0.5, 0.6) is 0 Å². The second kappa shape index (κ2) is 4.24. The van der Waals surface area contributed by atoms with Gasteiger partial charge in [-0.2, -0.15) is 0 Å². The highest BCUT2D eigenvalue weighted by atomic mass is 14.6. The Morgan fingerprint density at radius 2 is 2.08 bits per heavy atom. The lowest BCUT2D eigenvalue weighted by Crippen LogP contribution is -2.11. The minimum Gasteiger partial charge on any atom is -0.324 e. The summed E-state index contributed by atoms with van der Waals surface area (Å²) in [5.41, 5.74) is 9.66. The number of hydrogen-bond acceptors (Lipinski definition) is 1. The third-order valence-electron chi connectivity index (χ3n) is 2.16. The predicted molar refractivity (Wildman–Crippen MR) is 57.5 cm³/mol. The summed E-state index contributed by atoms with van der Waals surface area (Å²) >= 11 is 0. The maximum absolute atomic E-state index is 6.04. The van der Waals surface area contributed by atoms with Gasteiger partial charge in [0.2, 0.25) is 0 Å². The van der Waals surface area contributed by atoms with Crippen LogP contribution in [-0.4, -0.2) is 0 Å². The van der Waals surface area contributed by atoms with Crippen LogP contribution < -0.4 is 5.73 Å². The molecule has 0 aliphatic carbocycles. The fourth-order valence-electron chi connectivity index (χ4n) is 1.49. The molecular weight excluding hydrogens is 158 g/mol. The predicted octanol–water partition coefficient (Wildman–Crippen LogP) is 2.96. The summed E-state index contributed by atoms with van der Waals surface area (Å²) in [6.45, 7) is 7.97. The van der Waals surface area contributed by atoms with Gasteiger partial charge in [0.25, 0.3) is 0 Å². The average molecular weight is 175 g/mol. The third kappa shape index (κ3) is 2.71. The van der Waals surface area contributed by atoms with Crippen LogP contribution in [0.2, 0.25) is 0 Å². The van der Waals surface area contributed by atoms with E-state index in [4.69, 9.17) is 5.73 Å². The van der Waals surface area contributed by atoms with Crippen molar-refractivity contribution in [2.45, 2.75) is 26.3 Å². The first-order valence-corrected chi connectivity index (χ1v) is 4.56. The number of benzene rings is 1. The van der Waals surface area contributed by atoms with E-state index in [0.717, 1.165) is 12.0 Å². The van der Waals surface area contributed by atoms with Crippen molar-refractivity contribution in [3.8, 4) is 0 Å². The molecule has 0 bridgehead atoms. The summed E-state index contributed by atoms with van der Waals surface area (Å²) in [4.78, 5) is 0. The van der Waals surface area contributed by atoms with Gasteiger partial charge in [0, 0.05) is 6.04 Å². The molecule has 1 aromatic carbocycles. The van der Waals surface area contributed by atoms with E-state index in [1.165, 1.54) is 11.1 Å². The Bertz CT molecular complexity index is 302. The van der Waals surface area contributed by atoms with Gasteiger partial charge in [-0.1, -0.05) is 29.8 Å². The van der Waals surface area contributed by atoms with Crippen LogP contribution in [-0.2, 0) is 0 Å². The highest BCUT2D eigenvalue weighted by molar-refractivity contribution is 5.29. The van der Waals surface area contributed by atoms with Gasteiger partial charge in [0.05, 0.1) is 0 Å². The molecule has 1 unspecified atom stereocenters. The molecule has 1 rings (SSSR count). The molecule has 70 valence electrons. The molecule has 0 saturated heterocycles. The standard InChI is InChI=1S/C12H17N/c1-9(2)8-12(13)11-7-5-4-6-10(11)3/h4-7,12H,1,8,13H2,2-3H3. The van der Waals surface area contributed by atoms with E-state index in [-0.39, 0.29) is 6.04 Å². The number of rotatable bonds is 3. The van der Waals surface area contributed by atoms with Crippen molar-refractivity contribution in [3.05, 3.63) is 47.5 Å². The lowest BCUT2D eigenvalue weighted by molar-refractivity contribution is 0.712. The quantitative estimate of drug-likeness (QED) is 0.702. The SMILES string of the molecule is C=C(C)CC(N)c1ccccc1C. The molecule has 13 heavy (non-hydrogen) atoms. The minimum atomic E-state index is 0.0960. The highest BCUT2D eigenvalue weighted by Crippen LogP contribution is 2.20. The van der Waals surface area contributed by atoms with Crippen molar-refractivity contribution in [2.75, 3.05) is 0 Å². The number of aryl methyl sites for hydroxylation is 1. The minimum absolute atomic E-state index is 0.0960. The summed E-state index contributed by atoms with van der Waals surface area (Å²) < 4.78 is 0. The lowest BCUT2D eigenvalue weighted by atomic mass is 9.97. The van der Waals surface area contributed by atoms with Crippen LogP contribution in [0.15, 0.2) is 36.4 Å². The first kappa shape index (κ1) is 10.0. The van der Waals surface area contributed by atoms with Crippen LogP contribution in [0.1, 0.15) is 30.5 Å². The van der Waals surface area contributed by atoms with Crippen molar-refractivity contribution in [1.29, 1.82) is 0 Å². The Morgan fingerprint density at radius 3 is 2.62 bits per heavy atom. The van der Waals surface area contributed by atoms with Crippen LogP contribution in [0, 0.1) is 6.92 Å². The molecule has 0 heterocycles. The van der Waals surface area contributed by atoms with Crippen LogP contribution >= 0.6 is 0 Å². The van der Waals surface area contributed by atoms with Gasteiger partial charge in [-0.05, 0) is 31.4 Å². The van der Waals surface area contributed by atoms with E-state index in [2.05, 4.69) is 25.6 Å². The van der Waals surface area contributed by atoms with Crippen molar-refractivity contribution in [3.63, 3.8) is 0 Å². The normalized spacial score (nSPS) is 12.5. The summed E-state index contributed by atoms with van der Waals surface area (Å²) in [5, 5.41) is 0. The van der Waals surface area contributed by atoms with E-state index in [1.54, 1.807) is 0 Å². The Balaban J connectivity index is 2.82. The molecule has 1 nitrogen and oxygen atoms in total. The molecule has 1 aromatic rings. The van der Waals surface area contributed by atoms with E-state index < -0.39 is 0 Å². The van der Waals surface area contributed by atoms with Gasteiger partial charge in [0.1, 0.15) is 0 Å². The summed E-state index contributed by atoms with van der Waals surface area (Å²) in [7, 11) is 0. The topological polar surface area (TPSA) is 26.0 Å². The highest BCUT2D eigenvalue weighted by Gasteiger charge is 2.07. The Hall–Kier alpha value is -1.08. The summed E-state index contributed by atoms with van der Waals surface area (Å²) in [5.74, 6) is 0. The Kier molecular flexibility index (Phi) is 3.26. The first-order chi connectivity index (χ1) is 6.11. The van der Waals surface area contributed by atoms with Crippen molar-refractivity contribution < 1.29 is 0 Å². The number of nitrogens with two attached hydrogens (primary N) is 1. The molecule has 0 fully saturated rings. The molecule has 1 atom stereocenters. The molecule has 2 N–H and O–H groups in total. The Labute approximate surface area is 80.3 Å². The molecule has 0 aromatic heterocycles. The molecule has 0 spiro atoms. The zero-order valence-corrected chi connectivity index (χ0v) is 8.38. The van der Waals surface area contributed by atoms with Crippen molar-refractivity contribution >= 4 is 0 Å². The average Bonchev–Trinajstić information content (AvgIpc) is 2.03. The molecule has 0 aliphatic heterocycles. The maximum Gasteiger partial charge on any atom is 0.0334 e. The van der Waals surface area contributed by atoms with Gasteiger partial charge in [-0.15, -0.1) is 6.58 Å². The monoisotopic (exact) mass is 175 g/mol. The number of hydrogen-bond donors (Lipinski definition) is 1. The van der Waals surface area contributed by atoms with Crippen molar-refractivity contribution in [2.24, 2.45) is 5.73 Å². The fourth-order valence-corrected chi connectivity index (χ4v) is 1.49. The lowest BCUT2D eigenvalue weighted by Gasteiger charge is -2.14. The van der Waals surface area contributed by atoms with Gasteiger partial charge in [0.15, 0.2) is 0 Å². The smallest absolute Gasteiger partial charge is 0.0334 e. The van der Waals surface area contributed by atoms with E-state index >= 15 is 0 Å². The zero-order chi connectivity index (χ0) is 9.84. The second-order valence-corrected chi connectivity index (χ2v) is 3.62. The largest absolute Gasteiger partial charge is 0.324 e. The van der Waals surface area contributed by atoms with E-state index in [0.29, 0.717) is 0 Å². The van der Waals surface area contributed by atoms with Crippen LogP contribution in [0.25, 0.3) is 0 Å². The van der Waals surface area contributed by atoms with Gasteiger partial charge in [-0.3, -0.25) is 0 Å². The summed E-state index contributed by atoms with van der Waals surface area (Å²) in [6.07, 6.45) is 0.866. The van der Waals surface area contributed by atoms with Gasteiger partial charge < -0.3 is 5.73 Å². The molecular formula is C12H17N. The third-order valence-corrected chi connectivity index (χ3v) is 2.16. The summed E-state index contributed by atoms with van der Waals surface area (Å²) in [6, 6.07) is 8.34. The van der Waals surface area contributed by atoms with Crippen LogP contribution in [0.4, 0.5) is 0 Å². The molecule has 0 saturated carbocycles. The first-order valence-electron chi connectivity index (χ1n) is 4.56. The van der Waals surface area contributed by atoms with Crippen molar-refractivity contribution in [1.82, 2.24) is 0 Å². The van der Waals surface area contributed by atoms with Gasteiger partial charge >= 0.3 is 0 Å². The molecule has 0 radical (unpaired) electrons. The van der Waals surface area contributed by atoms with Crippen LogP contribution in [0.3, 0.4) is 0 Å². The molecule has 0 amide bonds. The Morgan fingerprint density at radius 1 is 1.46 bits per heavy atom. The van der Waals surface area contributed by atoms with E-state index in [1.807, 2.05) is 19.1 Å². The molecule has 1 heteroatoms. The van der Waals surface area contributed by atoms with E-state index in [9.17, 15) is 0 Å². The van der Waals surface area contributed by atoms with Gasteiger partial charge in [-0.25, -0.2) is 0 Å². The maximum atomic E-state index is 6.04. The zero-order valence-electron chi connectivity index (χ0n) is 8.38. The fraction of sp³-hybridized carbons (Fsp3) is 0.333.